The molecule has 1 aromatic carbocycles. The van der Waals surface area contributed by atoms with Gasteiger partial charge in [0.1, 0.15) is 30.6 Å². The average molecular weight is 481 g/mol. The van der Waals surface area contributed by atoms with Crippen molar-refractivity contribution >= 4 is 27.6 Å². The molecule has 7 nitrogen and oxygen atoms in total. The molecule has 0 radical (unpaired) electrons. The lowest BCUT2D eigenvalue weighted by atomic mass is 9.98. The Balaban J connectivity index is 1.94. The van der Waals surface area contributed by atoms with Gasteiger partial charge < -0.3 is 10.5 Å². The van der Waals surface area contributed by atoms with Crippen LogP contribution in [0.4, 0.5) is 13.2 Å². The van der Waals surface area contributed by atoms with Crippen LogP contribution < -0.4 is 10.5 Å². The monoisotopic (exact) mass is 480 g/mol. The quantitative estimate of drug-likeness (QED) is 0.352. The molecule has 3 rings (SSSR count). The van der Waals surface area contributed by atoms with Crippen LogP contribution >= 0.6 is 0 Å². The Morgan fingerprint density at radius 3 is 2.76 bits per heavy atom. The van der Waals surface area contributed by atoms with E-state index in [1.807, 2.05) is 0 Å². The number of alkyl halides is 1. The molecule has 0 aliphatic carbocycles. The first-order chi connectivity index (χ1) is 15.7. The van der Waals surface area contributed by atoms with Gasteiger partial charge in [-0.15, -0.1) is 0 Å². The molecule has 2 N–H and O–H groups in total. The second kappa shape index (κ2) is 9.74. The Morgan fingerprint density at radius 1 is 1.39 bits per heavy atom. The predicted octanol–water partition coefficient (Wildman–Crippen LogP) is 3.59. The lowest BCUT2D eigenvalue weighted by Gasteiger charge is -2.25. The fourth-order valence-corrected chi connectivity index (χ4v) is 6.15. The zero-order valence-corrected chi connectivity index (χ0v) is 18.7. The number of hydrogen-bond acceptors (Lipinski definition) is 6. The van der Waals surface area contributed by atoms with E-state index in [1.165, 1.54) is 37.7 Å². The minimum atomic E-state index is -4.26. The normalized spacial score (nSPS) is 22.8. The lowest BCUT2D eigenvalue weighted by molar-refractivity contribution is 0.347. The van der Waals surface area contributed by atoms with Crippen molar-refractivity contribution in [2.75, 3.05) is 20.3 Å². The number of nitrogens with two attached hydrogens (primary N) is 1. The van der Waals surface area contributed by atoms with Crippen molar-refractivity contribution in [1.82, 2.24) is 9.97 Å². The number of aromatic nitrogens is 2. The van der Waals surface area contributed by atoms with Gasteiger partial charge in [0, 0.05) is 12.6 Å². The van der Waals surface area contributed by atoms with Gasteiger partial charge in [0.25, 0.3) is 0 Å². The van der Waals surface area contributed by atoms with Gasteiger partial charge >= 0.3 is 0 Å². The molecule has 1 aliphatic rings. The molecule has 1 aliphatic heterocycles. The maximum atomic E-state index is 14.7. The molecular weight excluding hydrogens is 457 g/mol. The summed E-state index contributed by atoms with van der Waals surface area (Å²) in [5.74, 6) is -1.74. The summed E-state index contributed by atoms with van der Waals surface area (Å²) in [5, 5.41) is -1.34. The Labute approximate surface area is 189 Å². The Morgan fingerprint density at radius 2 is 2.15 bits per heavy atom. The molecular formula is C22H23F3N4O3S. The fraction of sp³-hybridized carbons (Fsp3) is 0.318. The van der Waals surface area contributed by atoms with E-state index in [-0.39, 0.29) is 48.0 Å². The first-order valence-electron chi connectivity index (χ1n) is 9.95. The van der Waals surface area contributed by atoms with Gasteiger partial charge in [-0.1, -0.05) is 18.7 Å². The van der Waals surface area contributed by atoms with Crippen LogP contribution in [0.25, 0.3) is 11.9 Å². The van der Waals surface area contributed by atoms with Crippen molar-refractivity contribution in [2.45, 2.75) is 22.8 Å². The topological polar surface area (TPSA) is 108 Å². The Hall–Kier alpha value is -3.21. The van der Waals surface area contributed by atoms with Crippen LogP contribution in [0.1, 0.15) is 34.9 Å². The van der Waals surface area contributed by atoms with Crippen LogP contribution in [0.5, 0.6) is 5.88 Å². The third-order valence-electron chi connectivity index (χ3n) is 5.54. The van der Waals surface area contributed by atoms with Crippen molar-refractivity contribution < 1.29 is 26.3 Å². The second-order valence-electron chi connectivity index (χ2n) is 7.42. The maximum Gasteiger partial charge on any atom is 0.232 e. The summed E-state index contributed by atoms with van der Waals surface area (Å²) in [4.78, 5) is 11.5. The number of aliphatic imine (C=N–C) groups is 1. The van der Waals surface area contributed by atoms with Crippen LogP contribution in [0, 0.1) is 5.82 Å². The number of nitrogens with zero attached hydrogens (tertiary/aromatic N) is 3. The Bertz CT molecular complexity index is 1200. The summed E-state index contributed by atoms with van der Waals surface area (Å²) < 4.78 is 72.8. The molecule has 33 heavy (non-hydrogen) atoms. The zero-order chi connectivity index (χ0) is 24.2. The van der Waals surface area contributed by atoms with Crippen molar-refractivity contribution in [3.63, 3.8) is 0 Å². The van der Waals surface area contributed by atoms with E-state index in [9.17, 15) is 21.6 Å². The number of hydrogen-bond donors (Lipinski definition) is 1. The van der Waals surface area contributed by atoms with Crippen LogP contribution in [0.3, 0.4) is 0 Å². The van der Waals surface area contributed by atoms with Gasteiger partial charge in [-0.25, -0.2) is 31.6 Å². The molecule has 2 aromatic rings. The van der Waals surface area contributed by atoms with Crippen molar-refractivity contribution in [1.29, 1.82) is 0 Å². The maximum absolute atomic E-state index is 14.7. The lowest BCUT2D eigenvalue weighted by Crippen LogP contribution is -2.50. The SMILES string of the molecule is C=CCOc1cnc(/C(F)=C/c2ccc(F)c([C@@H]3CC[C@](CF)(/C(N)=N\C)S3(=O)=O)c2)cn1. The summed E-state index contributed by atoms with van der Waals surface area (Å²) >= 11 is 0. The molecule has 176 valence electrons. The Kier molecular flexibility index (Phi) is 7.21. The molecule has 0 spiro atoms. The molecule has 1 saturated heterocycles. The molecule has 2 heterocycles. The molecule has 11 heteroatoms. The number of sulfone groups is 1. The van der Waals surface area contributed by atoms with Gasteiger partial charge in [0.15, 0.2) is 20.4 Å². The van der Waals surface area contributed by atoms with Gasteiger partial charge in [-0.2, -0.15) is 0 Å². The highest BCUT2D eigenvalue weighted by Crippen LogP contribution is 2.47. The summed E-state index contributed by atoms with van der Waals surface area (Å²) in [6.07, 6.45) is 4.81. The molecule has 1 fully saturated rings. The van der Waals surface area contributed by atoms with E-state index in [0.29, 0.717) is 0 Å². The summed E-state index contributed by atoms with van der Waals surface area (Å²) in [6.45, 7) is 2.46. The highest BCUT2D eigenvalue weighted by molar-refractivity contribution is 7.94. The van der Waals surface area contributed by atoms with E-state index in [1.54, 1.807) is 0 Å². The number of benzene rings is 1. The molecule has 0 saturated carbocycles. The zero-order valence-electron chi connectivity index (χ0n) is 17.8. The van der Waals surface area contributed by atoms with Crippen molar-refractivity contribution in [2.24, 2.45) is 10.7 Å². The number of rotatable bonds is 8. The fourth-order valence-electron chi connectivity index (χ4n) is 3.72. The summed E-state index contributed by atoms with van der Waals surface area (Å²) in [7, 11) is -3.00. The van der Waals surface area contributed by atoms with Crippen molar-refractivity contribution in [3.8, 4) is 5.88 Å². The predicted molar refractivity (Wildman–Crippen MR) is 120 cm³/mol. The highest BCUT2D eigenvalue weighted by Gasteiger charge is 2.57. The molecule has 0 amide bonds. The van der Waals surface area contributed by atoms with Crippen LogP contribution in [0.15, 0.2) is 48.2 Å². The van der Waals surface area contributed by atoms with E-state index < -0.39 is 38.2 Å². The molecule has 1 aromatic heterocycles. The van der Waals surface area contributed by atoms with Crippen LogP contribution in [0.2, 0.25) is 0 Å². The molecule has 2 atom stereocenters. The summed E-state index contributed by atoms with van der Waals surface area (Å²) in [5.41, 5.74) is 5.64. The van der Waals surface area contributed by atoms with Crippen LogP contribution in [-0.2, 0) is 9.84 Å². The smallest absolute Gasteiger partial charge is 0.232 e. The van der Waals surface area contributed by atoms with Crippen LogP contribution in [-0.4, -0.2) is 49.3 Å². The van der Waals surface area contributed by atoms with Gasteiger partial charge in [0.2, 0.25) is 5.88 Å². The molecule has 0 bridgehead atoms. The first-order valence-corrected chi connectivity index (χ1v) is 11.5. The van der Waals surface area contributed by atoms with E-state index in [0.717, 1.165) is 12.1 Å². The largest absolute Gasteiger partial charge is 0.472 e. The number of amidine groups is 1. The van der Waals surface area contributed by atoms with E-state index in [2.05, 4.69) is 21.5 Å². The van der Waals surface area contributed by atoms with Gasteiger partial charge in [0.05, 0.1) is 17.6 Å². The van der Waals surface area contributed by atoms with E-state index in [4.69, 9.17) is 10.5 Å². The van der Waals surface area contributed by atoms with Crippen molar-refractivity contribution in [3.05, 3.63) is 65.9 Å². The third kappa shape index (κ3) is 4.50. The highest BCUT2D eigenvalue weighted by atomic mass is 32.2. The van der Waals surface area contributed by atoms with Gasteiger partial charge in [-0.05, 0) is 36.6 Å². The summed E-state index contributed by atoms with van der Waals surface area (Å²) in [6, 6.07) is 3.55. The first kappa shape index (κ1) is 24.4. The minimum Gasteiger partial charge on any atom is -0.472 e. The standard InChI is InChI=1S/C22H23F3N4O3S/c1-3-8-32-20-12-28-18(11-29-20)17(25)10-14-4-5-16(24)15(9-14)19-6-7-22(13-23,21(26)27-2)33(19,30)31/h3-5,9-12,19H,1,6-8,13H2,2H3,(H2,26,27)/b17-10-/t19-,22-/m0/s1. The third-order valence-corrected chi connectivity index (χ3v) is 8.39. The van der Waals surface area contributed by atoms with E-state index >= 15 is 0 Å². The minimum absolute atomic E-state index is 0.0489. The average Bonchev–Trinajstić information content (AvgIpc) is 3.09. The second-order valence-corrected chi connectivity index (χ2v) is 9.86. The molecule has 0 unspecified atom stereocenters. The number of ether oxygens (including phenoxy) is 1. The number of halogens is 3. The van der Waals surface area contributed by atoms with Gasteiger partial charge in [-0.3, -0.25) is 4.99 Å².